The molecular formula is C24H22FN7O. The lowest BCUT2D eigenvalue weighted by molar-refractivity contribution is 0.0719. The molecule has 1 atom stereocenters. The number of anilines is 1. The van der Waals surface area contributed by atoms with Gasteiger partial charge < -0.3 is 15.8 Å². The summed E-state index contributed by atoms with van der Waals surface area (Å²) in [6, 6.07) is 9.44. The molecule has 0 saturated carbocycles. The fourth-order valence-electron chi connectivity index (χ4n) is 4.02. The predicted octanol–water partition coefficient (Wildman–Crippen LogP) is 3.79. The number of nitrogens with zero attached hydrogens (tertiary/aromatic N) is 5. The van der Waals surface area contributed by atoms with Crippen molar-refractivity contribution in [2.24, 2.45) is 7.05 Å². The molecule has 0 saturated heterocycles. The number of H-pyrrole nitrogens is 1. The highest BCUT2D eigenvalue weighted by Gasteiger charge is 2.32. The molecule has 0 radical (unpaired) electrons. The highest BCUT2D eigenvalue weighted by molar-refractivity contribution is 5.95. The molecule has 0 bridgehead atoms. The summed E-state index contributed by atoms with van der Waals surface area (Å²) >= 11 is 0. The Balaban J connectivity index is 1.64. The molecule has 4 N–H and O–H groups in total. The Morgan fingerprint density at radius 3 is 2.61 bits per heavy atom. The van der Waals surface area contributed by atoms with Crippen LogP contribution in [-0.4, -0.2) is 34.8 Å². The average Bonchev–Trinajstić information content (AvgIpc) is 3.44. The number of aromatic nitrogens is 6. The van der Waals surface area contributed by atoms with E-state index < -0.39 is 5.60 Å². The maximum Gasteiger partial charge on any atom is 0.220 e. The first kappa shape index (κ1) is 20.8. The second kappa shape index (κ2) is 7.79. The fourth-order valence-corrected chi connectivity index (χ4v) is 4.02. The van der Waals surface area contributed by atoms with Gasteiger partial charge in [-0.1, -0.05) is 19.1 Å². The zero-order chi connectivity index (χ0) is 23.2. The van der Waals surface area contributed by atoms with E-state index in [2.05, 4.69) is 25.0 Å². The van der Waals surface area contributed by atoms with Gasteiger partial charge in [-0.2, -0.15) is 5.10 Å². The molecule has 0 aliphatic carbocycles. The van der Waals surface area contributed by atoms with Crippen molar-refractivity contribution in [3.63, 3.8) is 0 Å². The van der Waals surface area contributed by atoms with Crippen LogP contribution < -0.4 is 5.73 Å². The zero-order valence-corrected chi connectivity index (χ0v) is 18.1. The minimum Gasteiger partial charge on any atom is -0.379 e. The third-order valence-electron chi connectivity index (χ3n) is 5.85. The van der Waals surface area contributed by atoms with Gasteiger partial charge in [-0.25, -0.2) is 19.3 Å². The SMILES string of the molecule is CCC(O)(c1ccc(F)cc1)c1cc(-c2c[nH]c3ncc(-c4cnn(C)c4)cc23)nc(N)n1. The second-order valence-electron chi connectivity index (χ2n) is 7.94. The average molecular weight is 443 g/mol. The number of rotatable bonds is 5. The molecule has 0 aliphatic heterocycles. The molecule has 4 aromatic heterocycles. The van der Waals surface area contributed by atoms with Gasteiger partial charge in [0, 0.05) is 47.7 Å². The highest BCUT2D eigenvalue weighted by Crippen LogP contribution is 2.36. The molecule has 1 aromatic carbocycles. The first-order valence-corrected chi connectivity index (χ1v) is 10.5. The molecule has 0 fully saturated rings. The Morgan fingerprint density at radius 2 is 1.91 bits per heavy atom. The number of halogens is 1. The summed E-state index contributed by atoms with van der Waals surface area (Å²) in [5, 5.41) is 16.6. The van der Waals surface area contributed by atoms with Crippen LogP contribution in [0.3, 0.4) is 0 Å². The van der Waals surface area contributed by atoms with Crippen molar-refractivity contribution in [1.82, 2.24) is 29.7 Å². The third-order valence-corrected chi connectivity index (χ3v) is 5.85. The van der Waals surface area contributed by atoms with Crippen LogP contribution in [0.2, 0.25) is 0 Å². The lowest BCUT2D eigenvalue weighted by Gasteiger charge is -2.27. The normalized spacial score (nSPS) is 13.3. The van der Waals surface area contributed by atoms with Crippen LogP contribution in [-0.2, 0) is 12.6 Å². The molecule has 4 heterocycles. The van der Waals surface area contributed by atoms with Crippen LogP contribution in [0.25, 0.3) is 33.4 Å². The van der Waals surface area contributed by atoms with Crippen molar-refractivity contribution in [3.05, 3.63) is 78.3 Å². The molecule has 5 rings (SSSR count). The smallest absolute Gasteiger partial charge is 0.220 e. The van der Waals surface area contributed by atoms with Crippen molar-refractivity contribution in [2.75, 3.05) is 5.73 Å². The Kier molecular flexibility index (Phi) is 4.90. The largest absolute Gasteiger partial charge is 0.379 e. The number of nitrogens with one attached hydrogen (secondary N) is 1. The van der Waals surface area contributed by atoms with E-state index in [-0.39, 0.29) is 11.8 Å². The van der Waals surface area contributed by atoms with E-state index in [0.29, 0.717) is 29.0 Å². The van der Waals surface area contributed by atoms with Gasteiger partial charge >= 0.3 is 0 Å². The Labute approximate surface area is 189 Å². The van der Waals surface area contributed by atoms with Crippen molar-refractivity contribution in [2.45, 2.75) is 18.9 Å². The topological polar surface area (TPSA) is 119 Å². The Morgan fingerprint density at radius 1 is 1.12 bits per heavy atom. The number of hydrogen-bond donors (Lipinski definition) is 3. The fraction of sp³-hybridized carbons (Fsp3) is 0.167. The number of hydrogen-bond acceptors (Lipinski definition) is 6. The van der Waals surface area contributed by atoms with Gasteiger partial charge in [0.05, 0.1) is 17.6 Å². The molecule has 5 aromatic rings. The molecule has 0 aliphatic rings. The lowest BCUT2D eigenvalue weighted by Crippen LogP contribution is -2.28. The summed E-state index contributed by atoms with van der Waals surface area (Å²) < 4.78 is 15.2. The van der Waals surface area contributed by atoms with E-state index in [1.54, 1.807) is 41.5 Å². The molecule has 0 spiro atoms. The van der Waals surface area contributed by atoms with Gasteiger partial charge in [-0.15, -0.1) is 0 Å². The van der Waals surface area contributed by atoms with E-state index in [1.807, 2.05) is 26.2 Å². The maximum absolute atomic E-state index is 13.5. The van der Waals surface area contributed by atoms with E-state index in [4.69, 9.17) is 5.73 Å². The quantitative estimate of drug-likeness (QED) is 0.380. The van der Waals surface area contributed by atoms with Crippen molar-refractivity contribution in [1.29, 1.82) is 0 Å². The second-order valence-corrected chi connectivity index (χ2v) is 7.94. The number of nitrogen functional groups attached to an aromatic ring is 1. The number of nitrogens with two attached hydrogens (primary N) is 1. The summed E-state index contributed by atoms with van der Waals surface area (Å²) in [5.41, 5.74) is 9.33. The summed E-state index contributed by atoms with van der Waals surface area (Å²) in [5.74, 6) is -0.349. The standard InChI is InChI=1S/C24H22FN7O/c1-3-24(33,16-4-6-17(25)7-5-16)21-9-20(30-23(26)31-21)19-12-28-22-18(19)8-14(10-27-22)15-11-29-32(2)13-15/h4-13,33H,3H2,1-2H3,(H,27,28)(H2,26,30,31). The number of aromatic amines is 1. The summed E-state index contributed by atoms with van der Waals surface area (Å²) in [6.07, 6.45) is 7.60. The summed E-state index contributed by atoms with van der Waals surface area (Å²) in [6.45, 7) is 1.83. The number of aryl methyl sites for hydroxylation is 1. The van der Waals surface area contributed by atoms with Crippen LogP contribution >= 0.6 is 0 Å². The van der Waals surface area contributed by atoms with Crippen molar-refractivity contribution >= 4 is 17.0 Å². The number of benzene rings is 1. The third kappa shape index (κ3) is 3.62. The first-order valence-electron chi connectivity index (χ1n) is 10.5. The Hall–Kier alpha value is -4.11. The van der Waals surface area contributed by atoms with E-state index in [1.165, 1.54) is 12.1 Å². The maximum atomic E-state index is 13.5. The zero-order valence-electron chi connectivity index (χ0n) is 18.1. The van der Waals surface area contributed by atoms with E-state index in [9.17, 15) is 9.50 Å². The van der Waals surface area contributed by atoms with Crippen LogP contribution in [0.5, 0.6) is 0 Å². The molecule has 8 nitrogen and oxygen atoms in total. The van der Waals surface area contributed by atoms with Gasteiger partial charge in [0.1, 0.15) is 17.1 Å². The molecular weight excluding hydrogens is 421 g/mol. The van der Waals surface area contributed by atoms with E-state index in [0.717, 1.165) is 22.1 Å². The number of pyridine rings is 1. The molecule has 1 unspecified atom stereocenters. The summed E-state index contributed by atoms with van der Waals surface area (Å²) in [4.78, 5) is 16.4. The minimum atomic E-state index is -1.45. The molecule has 166 valence electrons. The van der Waals surface area contributed by atoms with Gasteiger partial charge in [-0.05, 0) is 36.2 Å². The highest BCUT2D eigenvalue weighted by atomic mass is 19.1. The van der Waals surface area contributed by atoms with Gasteiger partial charge in [0.15, 0.2) is 0 Å². The first-order chi connectivity index (χ1) is 15.9. The summed E-state index contributed by atoms with van der Waals surface area (Å²) in [7, 11) is 1.86. The predicted molar refractivity (Wildman–Crippen MR) is 123 cm³/mol. The molecule has 0 amide bonds. The van der Waals surface area contributed by atoms with Gasteiger partial charge in [0.2, 0.25) is 5.95 Å². The van der Waals surface area contributed by atoms with Gasteiger partial charge in [-0.3, -0.25) is 4.68 Å². The molecule has 9 heteroatoms. The van der Waals surface area contributed by atoms with Crippen LogP contribution in [0.1, 0.15) is 24.6 Å². The number of aliphatic hydroxyl groups is 1. The van der Waals surface area contributed by atoms with Gasteiger partial charge in [0.25, 0.3) is 0 Å². The molecule has 33 heavy (non-hydrogen) atoms. The van der Waals surface area contributed by atoms with Crippen LogP contribution in [0, 0.1) is 5.82 Å². The Bertz CT molecular complexity index is 1460. The minimum absolute atomic E-state index is 0.0298. The van der Waals surface area contributed by atoms with Crippen LogP contribution in [0.4, 0.5) is 10.3 Å². The van der Waals surface area contributed by atoms with Crippen LogP contribution in [0.15, 0.2) is 61.2 Å². The number of fused-ring (bicyclic) bond motifs is 1. The lowest BCUT2D eigenvalue weighted by atomic mass is 9.87. The van der Waals surface area contributed by atoms with E-state index >= 15 is 0 Å². The van der Waals surface area contributed by atoms with Crippen molar-refractivity contribution < 1.29 is 9.50 Å². The monoisotopic (exact) mass is 443 g/mol. The van der Waals surface area contributed by atoms with Crippen molar-refractivity contribution in [3.8, 4) is 22.4 Å².